The molecule has 1 saturated heterocycles. The van der Waals surface area contributed by atoms with Gasteiger partial charge in [0, 0.05) is 24.5 Å². The summed E-state index contributed by atoms with van der Waals surface area (Å²) >= 11 is 0. The fraction of sp³-hybridized carbons (Fsp3) is 0.240. The molecular weight excluding hydrogens is 438 g/mol. The van der Waals surface area contributed by atoms with E-state index in [-0.39, 0.29) is 11.4 Å². The van der Waals surface area contributed by atoms with Gasteiger partial charge in [0.05, 0.1) is 23.8 Å². The molecule has 3 aromatic carbocycles. The van der Waals surface area contributed by atoms with Gasteiger partial charge in [0.25, 0.3) is 10.0 Å². The Hall–Kier alpha value is -3.36. The van der Waals surface area contributed by atoms with E-state index in [9.17, 15) is 13.2 Å². The SMILES string of the molecule is Cc1ccccc1N(CC(=O)Nc1ccc(N2CCOCC2)cc1)S(=O)(=O)c1ccccc1. The van der Waals surface area contributed by atoms with Crippen molar-refractivity contribution in [2.75, 3.05) is 47.4 Å². The summed E-state index contributed by atoms with van der Waals surface area (Å²) < 4.78 is 33.4. The zero-order valence-electron chi connectivity index (χ0n) is 18.5. The number of amides is 1. The minimum absolute atomic E-state index is 0.135. The average Bonchev–Trinajstić information content (AvgIpc) is 2.84. The molecule has 0 saturated carbocycles. The van der Waals surface area contributed by atoms with Gasteiger partial charge in [0.15, 0.2) is 0 Å². The van der Waals surface area contributed by atoms with Crippen LogP contribution in [0.4, 0.5) is 17.1 Å². The number of carbonyl (C=O) groups is 1. The van der Waals surface area contributed by atoms with E-state index in [1.165, 1.54) is 12.1 Å². The maximum atomic E-state index is 13.4. The molecule has 0 aliphatic carbocycles. The number of anilines is 3. The number of hydrogen-bond acceptors (Lipinski definition) is 5. The quantitative estimate of drug-likeness (QED) is 0.576. The van der Waals surface area contributed by atoms with Crippen molar-refractivity contribution in [3.63, 3.8) is 0 Å². The van der Waals surface area contributed by atoms with Crippen LogP contribution in [-0.2, 0) is 19.6 Å². The first kappa shape index (κ1) is 22.8. The second-order valence-electron chi connectivity index (χ2n) is 7.81. The van der Waals surface area contributed by atoms with E-state index in [0.29, 0.717) is 24.6 Å². The molecule has 0 unspecified atom stereocenters. The van der Waals surface area contributed by atoms with E-state index in [1.807, 2.05) is 43.3 Å². The van der Waals surface area contributed by atoms with Crippen molar-refractivity contribution in [1.82, 2.24) is 0 Å². The van der Waals surface area contributed by atoms with Gasteiger partial charge in [0.2, 0.25) is 5.91 Å². The Bertz CT molecular complexity index is 1190. The van der Waals surface area contributed by atoms with Crippen molar-refractivity contribution in [1.29, 1.82) is 0 Å². The molecule has 172 valence electrons. The Morgan fingerprint density at radius 1 is 0.939 bits per heavy atom. The predicted molar refractivity (Wildman–Crippen MR) is 130 cm³/mol. The molecule has 7 nitrogen and oxygen atoms in total. The molecule has 0 bridgehead atoms. The molecule has 1 N–H and O–H groups in total. The van der Waals surface area contributed by atoms with E-state index in [2.05, 4.69) is 10.2 Å². The van der Waals surface area contributed by atoms with Crippen LogP contribution in [0.3, 0.4) is 0 Å². The smallest absolute Gasteiger partial charge is 0.264 e. The minimum atomic E-state index is -3.93. The van der Waals surface area contributed by atoms with Gasteiger partial charge in [-0.25, -0.2) is 8.42 Å². The molecule has 0 atom stereocenters. The van der Waals surface area contributed by atoms with Gasteiger partial charge in [-0.15, -0.1) is 0 Å². The predicted octanol–water partition coefficient (Wildman–Crippen LogP) is 3.67. The lowest BCUT2D eigenvalue weighted by Gasteiger charge is -2.29. The zero-order chi connectivity index (χ0) is 23.3. The number of morpholine rings is 1. The van der Waals surface area contributed by atoms with Crippen LogP contribution in [-0.4, -0.2) is 47.2 Å². The number of ether oxygens (including phenoxy) is 1. The van der Waals surface area contributed by atoms with Crippen molar-refractivity contribution >= 4 is 33.0 Å². The van der Waals surface area contributed by atoms with Gasteiger partial charge in [0.1, 0.15) is 6.54 Å². The number of sulfonamides is 1. The first-order valence-electron chi connectivity index (χ1n) is 10.8. The average molecular weight is 466 g/mol. The number of hydrogen-bond donors (Lipinski definition) is 1. The highest BCUT2D eigenvalue weighted by Crippen LogP contribution is 2.27. The summed E-state index contributed by atoms with van der Waals surface area (Å²) in [7, 11) is -3.93. The van der Waals surface area contributed by atoms with Crippen LogP contribution in [0.1, 0.15) is 5.56 Å². The third kappa shape index (κ3) is 5.35. The van der Waals surface area contributed by atoms with Crippen LogP contribution in [0.25, 0.3) is 0 Å². The summed E-state index contributed by atoms with van der Waals surface area (Å²) in [6, 6.07) is 22.8. The number of para-hydroxylation sites is 1. The van der Waals surface area contributed by atoms with E-state index < -0.39 is 15.9 Å². The summed E-state index contributed by atoms with van der Waals surface area (Å²) in [5.74, 6) is -0.420. The van der Waals surface area contributed by atoms with Crippen LogP contribution >= 0.6 is 0 Å². The number of benzene rings is 3. The number of carbonyl (C=O) groups excluding carboxylic acids is 1. The molecule has 1 aliphatic rings. The van der Waals surface area contributed by atoms with Crippen LogP contribution in [0.5, 0.6) is 0 Å². The summed E-state index contributed by atoms with van der Waals surface area (Å²) in [5, 5.41) is 2.83. The van der Waals surface area contributed by atoms with Crippen LogP contribution in [0.15, 0.2) is 83.8 Å². The molecule has 1 fully saturated rings. The van der Waals surface area contributed by atoms with Crippen LogP contribution in [0.2, 0.25) is 0 Å². The number of rotatable bonds is 7. The summed E-state index contributed by atoms with van der Waals surface area (Å²) in [5.41, 5.74) is 2.90. The largest absolute Gasteiger partial charge is 0.378 e. The van der Waals surface area contributed by atoms with Gasteiger partial charge in [-0.2, -0.15) is 0 Å². The third-order valence-corrected chi connectivity index (χ3v) is 7.30. The molecule has 8 heteroatoms. The first-order chi connectivity index (χ1) is 15.9. The topological polar surface area (TPSA) is 79.0 Å². The third-order valence-electron chi connectivity index (χ3n) is 5.53. The first-order valence-corrected chi connectivity index (χ1v) is 12.3. The van der Waals surface area contributed by atoms with Gasteiger partial charge < -0.3 is 15.0 Å². The van der Waals surface area contributed by atoms with E-state index in [4.69, 9.17) is 4.74 Å². The highest BCUT2D eigenvalue weighted by atomic mass is 32.2. The number of nitrogens with one attached hydrogen (secondary N) is 1. The molecule has 33 heavy (non-hydrogen) atoms. The van der Waals surface area contributed by atoms with E-state index >= 15 is 0 Å². The molecule has 1 aliphatic heterocycles. The Morgan fingerprint density at radius 3 is 2.24 bits per heavy atom. The van der Waals surface area contributed by atoms with Gasteiger partial charge >= 0.3 is 0 Å². The second kappa shape index (κ2) is 10.1. The van der Waals surface area contributed by atoms with E-state index in [0.717, 1.165) is 28.6 Å². The van der Waals surface area contributed by atoms with Crippen LogP contribution in [0, 0.1) is 6.92 Å². The molecule has 4 rings (SSSR count). The van der Waals surface area contributed by atoms with E-state index in [1.54, 1.807) is 30.3 Å². The van der Waals surface area contributed by atoms with Crippen molar-refractivity contribution in [3.05, 3.63) is 84.4 Å². The fourth-order valence-electron chi connectivity index (χ4n) is 3.77. The molecule has 3 aromatic rings. The summed E-state index contributed by atoms with van der Waals surface area (Å²) in [6.07, 6.45) is 0. The highest BCUT2D eigenvalue weighted by molar-refractivity contribution is 7.92. The number of aryl methyl sites for hydroxylation is 1. The maximum absolute atomic E-state index is 13.4. The van der Waals surface area contributed by atoms with Crippen molar-refractivity contribution in [3.8, 4) is 0 Å². The molecular formula is C25H27N3O4S. The minimum Gasteiger partial charge on any atom is -0.378 e. The fourth-order valence-corrected chi connectivity index (χ4v) is 5.28. The monoisotopic (exact) mass is 465 g/mol. The molecule has 0 aromatic heterocycles. The molecule has 0 spiro atoms. The molecule has 1 heterocycles. The highest BCUT2D eigenvalue weighted by Gasteiger charge is 2.28. The van der Waals surface area contributed by atoms with Crippen molar-refractivity contribution in [2.24, 2.45) is 0 Å². The molecule has 0 radical (unpaired) electrons. The lowest BCUT2D eigenvalue weighted by Crippen LogP contribution is -2.38. The van der Waals surface area contributed by atoms with Crippen molar-refractivity contribution < 1.29 is 17.9 Å². The van der Waals surface area contributed by atoms with Gasteiger partial charge in [-0.1, -0.05) is 36.4 Å². The molecule has 1 amide bonds. The summed E-state index contributed by atoms with van der Waals surface area (Å²) in [6.45, 7) is 4.54. The van der Waals surface area contributed by atoms with Gasteiger partial charge in [-0.05, 0) is 55.0 Å². The van der Waals surface area contributed by atoms with Crippen LogP contribution < -0.4 is 14.5 Å². The summed E-state index contributed by atoms with van der Waals surface area (Å²) in [4.78, 5) is 15.3. The maximum Gasteiger partial charge on any atom is 0.264 e. The standard InChI is InChI=1S/C25H27N3O4S/c1-20-7-5-6-10-24(20)28(33(30,31)23-8-3-2-4-9-23)19-25(29)26-21-11-13-22(14-12-21)27-15-17-32-18-16-27/h2-14H,15-19H2,1H3,(H,26,29). The normalized spacial score (nSPS) is 14.0. The Morgan fingerprint density at radius 2 is 1.58 bits per heavy atom. The number of nitrogens with zero attached hydrogens (tertiary/aromatic N) is 2. The Kier molecular flexibility index (Phi) is 6.96. The Labute approximate surface area is 194 Å². The van der Waals surface area contributed by atoms with Crippen molar-refractivity contribution in [2.45, 2.75) is 11.8 Å². The second-order valence-corrected chi connectivity index (χ2v) is 9.67. The zero-order valence-corrected chi connectivity index (χ0v) is 19.3. The lowest BCUT2D eigenvalue weighted by molar-refractivity contribution is -0.114. The van der Waals surface area contributed by atoms with Gasteiger partial charge in [-0.3, -0.25) is 9.10 Å². The Balaban J connectivity index is 1.54. The lowest BCUT2D eigenvalue weighted by atomic mass is 10.2.